The molecule has 0 aliphatic carbocycles. The maximum atomic E-state index is 14.8. The fourth-order valence-electron chi connectivity index (χ4n) is 3.67. The van der Waals surface area contributed by atoms with Crippen LogP contribution in [0.15, 0.2) is 54.9 Å². The van der Waals surface area contributed by atoms with E-state index in [1.54, 1.807) is 24.3 Å². The number of fused-ring (bicyclic) bond motifs is 3. The van der Waals surface area contributed by atoms with Gasteiger partial charge in [-0.15, -0.1) is 0 Å². The van der Waals surface area contributed by atoms with Gasteiger partial charge in [0.2, 0.25) is 0 Å². The van der Waals surface area contributed by atoms with Gasteiger partial charge in [0, 0.05) is 17.3 Å². The fourth-order valence-corrected chi connectivity index (χ4v) is 3.67. The van der Waals surface area contributed by atoms with Crippen LogP contribution in [0.3, 0.4) is 0 Å². The Labute approximate surface area is 160 Å². The predicted octanol–water partition coefficient (Wildman–Crippen LogP) is 4.53. The van der Waals surface area contributed by atoms with Crippen molar-refractivity contribution in [3.05, 3.63) is 71.9 Å². The van der Waals surface area contributed by atoms with E-state index < -0.39 is 5.82 Å². The van der Waals surface area contributed by atoms with Crippen molar-refractivity contribution in [2.24, 2.45) is 0 Å². The summed E-state index contributed by atoms with van der Waals surface area (Å²) in [6.45, 7) is 2.36. The first-order valence-electron chi connectivity index (χ1n) is 8.91. The van der Waals surface area contributed by atoms with Crippen molar-refractivity contribution in [1.29, 1.82) is 0 Å². The largest absolute Gasteiger partial charge is 0.454 e. The summed E-state index contributed by atoms with van der Waals surface area (Å²) >= 11 is 0. The van der Waals surface area contributed by atoms with Crippen molar-refractivity contribution in [2.45, 2.75) is 19.6 Å². The zero-order valence-electron chi connectivity index (χ0n) is 15.1. The lowest BCUT2D eigenvalue weighted by atomic mass is 10.1. The van der Waals surface area contributed by atoms with E-state index in [1.165, 1.54) is 12.4 Å². The van der Waals surface area contributed by atoms with E-state index in [-0.39, 0.29) is 11.9 Å². The van der Waals surface area contributed by atoms with Crippen LogP contribution < -0.4 is 10.5 Å². The topological polar surface area (TPSA) is 75.2 Å². The van der Waals surface area contributed by atoms with E-state index in [1.807, 2.05) is 29.7 Å². The highest BCUT2D eigenvalue weighted by Gasteiger charge is 2.30. The Kier molecular flexibility index (Phi) is 3.77. The summed E-state index contributed by atoms with van der Waals surface area (Å²) in [5.74, 6) is 0.592. The SMILES string of the molecule is CC1OCc2c1c1ncnc(N)c1n2-c1ccc(Oc2ccccc2)c(F)c1. The van der Waals surface area contributed by atoms with Crippen LogP contribution in [-0.4, -0.2) is 14.5 Å². The van der Waals surface area contributed by atoms with Gasteiger partial charge in [-0.1, -0.05) is 18.2 Å². The molecule has 0 saturated carbocycles. The number of halogens is 1. The number of para-hydroxylation sites is 1. The lowest BCUT2D eigenvalue weighted by Crippen LogP contribution is -2.04. The van der Waals surface area contributed by atoms with Crippen molar-refractivity contribution in [3.8, 4) is 17.2 Å². The number of hydrogen-bond acceptors (Lipinski definition) is 5. The second kappa shape index (κ2) is 6.31. The molecule has 0 spiro atoms. The summed E-state index contributed by atoms with van der Waals surface area (Å²) in [5, 5.41) is 0. The first-order valence-corrected chi connectivity index (χ1v) is 8.91. The van der Waals surface area contributed by atoms with Crippen LogP contribution in [0.1, 0.15) is 24.3 Å². The first-order chi connectivity index (χ1) is 13.6. The van der Waals surface area contributed by atoms with Crippen molar-refractivity contribution in [3.63, 3.8) is 0 Å². The minimum absolute atomic E-state index is 0.112. The molecule has 4 aromatic rings. The second-order valence-electron chi connectivity index (χ2n) is 6.63. The standard InChI is InChI=1S/C21H17FN4O2/c1-12-18-16(10-27-12)26(20-19(18)24-11-25-21(20)23)13-7-8-17(15(22)9-13)28-14-5-3-2-4-6-14/h2-9,11-12H,10H2,1H3,(H2,23,24,25). The molecule has 1 atom stereocenters. The number of hydrogen-bond donors (Lipinski definition) is 1. The molecule has 28 heavy (non-hydrogen) atoms. The Morgan fingerprint density at radius 3 is 2.79 bits per heavy atom. The Balaban J connectivity index is 1.64. The molecule has 0 radical (unpaired) electrons. The van der Waals surface area contributed by atoms with Gasteiger partial charge in [0.05, 0.1) is 18.4 Å². The molecule has 2 aromatic carbocycles. The summed E-state index contributed by atoms with van der Waals surface area (Å²) in [4.78, 5) is 8.51. The van der Waals surface area contributed by atoms with Crippen molar-refractivity contribution in [2.75, 3.05) is 5.73 Å². The first kappa shape index (κ1) is 16.7. The lowest BCUT2D eigenvalue weighted by Gasteiger charge is -2.12. The van der Waals surface area contributed by atoms with Crippen LogP contribution in [0.2, 0.25) is 0 Å². The van der Waals surface area contributed by atoms with Crippen molar-refractivity contribution >= 4 is 16.9 Å². The molecule has 6 nitrogen and oxygen atoms in total. The van der Waals surface area contributed by atoms with Gasteiger partial charge >= 0.3 is 0 Å². The van der Waals surface area contributed by atoms with Gasteiger partial charge < -0.3 is 19.8 Å². The highest BCUT2D eigenvalue weighted by atomic mass is 19.1. The molecule has 140 valence electrons. The Bertz CT molecular complexity index is 1190. The zero-order chi connectivity index (χ0) is 19.3. The smallest absolute Gasteiger partial charge is 0.167 e. The van der Waals surface area contributed by atoms with Crippen LogP contribution in [-0.2, 0) is 11.3 Å². The number of aromatic nitrogens is 3. The maximum Gasteiger partial charge on any atom is 0.167 e. The average molecular weight is 376 g/mol. The Morgan fingerprint density at radius 2 is 2.00 bits per heavy atom. The maximum absolute atomic E-state index is 14.8. The predicted molar refractivity (Wildman–Crippen MR) is 103 cm³/mol. The van der Waals surface area contributed by atoms with Crippen molar-refractivity contribution in [1.82, 2.24) is 14.5 Å². The molecule has 0 bridgehead atoms. The summed E-state index contributed by atoms with van der Waals surface area (Å²) in [6.07, 6.45) is 1.32. The van der Waals surface area contributed by atoms with E-state index in [0.717, 1.165) is 16.8 Å². The quantitative estimate of drug-likeness (QED) is 0.569. The van der Waals surface area contributed by atoms with Crippen LogP contribution >= 0.6 is 0 Å². The zero-order valence-corrected chi connectivity index (χ0v) is 15.1. The molecule has 7 heteroatoms. The summed E-state index contributed by atoms with van der Waals surface area (Å²) in [5.41, 5.74) is 10.0. The van der Waals surface area contributed by atoms with Crippen molar-refractivity contribution < 1.29 is 13.9 Å². The van der Waals surface area contributed by atoms with E-state index in [0.29, 0.717) is 29.4 Å². The van der Waals surface area contributed by atoms with Gasteiger partial charge in [0.15, 0.2) is 17.4 Å². The van der Waals surface area contributed by atoms with Crippen LogP contribution in [0.25, 0.3) is 16.7 Å². The number of anilines is 1. The Morgan fingerprint density at radius 1 is 1.18 bits per heavy atom. The molecule has 0 fully saturated rings. The van der Waals surface area contributed by atoms with Gasteiger partial charge in [0.1, 0.15) is 23.1 Å². The lowest BCUT2D eigenvalue weighted by molar-refractivity contribution is 0.0783. The second-order valence-corrected chi connectivity index (χ2v) is 6.63. The number of nitrogens with zero attached hydrogens (tertiary/aromatic N) is 3. The summed E-state index contributed by atoms with van der Waals surface area (Å²) < 4.78 is 28.1. The highest BCUT2D eigenvalue weighted by molar-refractivity contribution is 5.91. The highest BCUT2D eigenvalue weighted by Crippen LogP contribution is 2.41. The molecule has 2 aromatic heterocycles. The third-order valence-electron chi connectivity index (χ3n) is 4.93. The molecule has 1 aliphatic heterocycles. The Hall–Kier alpha value is -3.45. The van der Waals surface area contributed by atoms with Gasteiger partial charge in [-0.05, 0) is 31.2 Å². The van der Waals surface area contributed by atoms with E-state index >= 15 is 0 Å². The van der Waals surface area contributed by atoms with Gasteiger partial charge in [-0.2, -0.15) is 0 Å². The molecule has 5 rings (SSSR count). The van der Waals surface area contributed by atoms with E-state index in [4.69, 9.17) is 15.2 Å². The molecule has 0 saturated heterocycles. The fraction of sp³-hybridized carbons (Fsp3) is 0.143. The van der Waals surface area contributed by atoms with Gasteiger partial charge in [-0.3, -0.25) is 0 Å². The monoisotopic (exact) mass is 376 g/mol. The molecule has 2 N–H and O–H groups in total. The third-order valence-corrected chi connectivity index (χ3v) is 4.93. The minimum atomic E-state index is -0.473. The number of rotatable bonds is 3. The number of nitrogens with two attached hydrogens (primary N) is 1. The molecular weight excluding hydrogens is 359 g/mol. The van der Waals surface area contributed by atoms with Crippen LogP contribution in [0.4, 0.5) is 10.2 Å². The molecule has 1 unspecified atom stereocenters. The van der Waals surface area contributed by atoms with Crippen LogP contribution in [0.5, 0.6) is 11.5 Å². The van der Waals surface area contributed by atoms with Crippen LogP contribution in [0, 0.1) is 5.82 Å². The summed E-state index contributed by atoms with van der Waals surface area (Å²) in [6, 6.07) is 13.9. The average Bonchev–Trinajstić information content (AvgIpc) is 3.23. The molecular formula is C21H17FN4O2. The van der Waals surface area contributed by atoms with E-state index in [9.17, 15) is 4.39 Å². The van der Waals surface area contributed by atoms with E-state index in [2.05, 4.69) is 9.97 Å². The molecule has 1 aliphatic rings. The normalized spacial score (nSPS) is 15.7. The summed E-state index contributed by atoms with van der Waals surface area (Å²) in [7, 11) is 0. The third kappa shape index (κ3) is 2.51. The number of ether oxygens (including phenoxy) is 2. The minimum Gasteiger partial charge on any atom is -0.454 e. The van der Waals surface area contributed by atoms with Gasteiger partial charge in [0.25, 0.3) is 0 Å². The molecule has 3 heterocycles. The van der Waals surface area contributed by atoms with Gasteiger partial charge in [-0.25, -0.2) is 14.4 Å². The number of benzene rings is 2. The molecule has 0 amide bonds. The number of nitrogen functional groups attached to an aromatic ring is 1.